The van der Waals surface area contributed by atoms with Gasteiger partial charge in [0.2, 0.25) is 0 Å². The lowest BCUT2D eigenvalue weighted by Gasteiger charge is -2.05. The van der Waals surface area contributed by atoms with Crippen LogP contribution in [0.15, 0.2) is 5.38 Å². The van der Waals surface area contributed by atoms with Crippen molar-refractivity contribution in [3.63, 3.8) is 0 Å². The highest BCUT2D eigenvalue weighted by Gasteiger charge is 2.18. The molecule has 7 heteroatoms. The number of amides is 1. The standard InChI is InChI=1S/C11H13ClN4OS/c1-5-4-18-9(7(5)12)11(17)14-10-8(13)6(2)15-16(10)3/h4H,13H2,1-3H3,(H,14,17). The van der Waals surface area contributed by atoms with Crippen LogP contribution in [0, 0.1) is 13.8 Å². The molecule has 0 fully saturated rings. The number of nitrogen functional groups attached to an aromatic ring is 1. The Hall–Kier alpha value is -1.53. The first-order valence-electron chi connectivity index (χ1n) is 5.25. The average molecular weight is 285 g/mol. The molecule has 0 saturated carbocycles. The second kappa shape index (κ2) is 4.62. The molecule has 2 aromatic heterocycles. The van der Waals surface area contributed by atoms with Crippen molar-refractivity contribution in [1.82, 2.24) is 9.78 Å². The van der Waals surface area contributed by atoms with Crippen LogP contribution < -0.4 is 11.1 Å². The largest absolute Gasteiger partial charge is 0.394 e. The Balaban J connectivity index is 2.30. The molecule has 0 saturated heterocycles. The molecule has 0 aliphatic heterocycles. The van der Waals surface area contributed by atoms with Crippen LogP contribution in [0.2, 0.25) is 5.02 Å². The summed E-state index contributed by atoms with van der Waals surface area (Å²) < 4.78 is 1.54. The van der Waals surface area contributed by atoms with Crippen LogP contribution in [0.1, 0.15) is 20.9 Å². The highest BCUT2D eigenvalue weighted by Crippen LogP contribution is 2.29. The second-order valence-electron chi connectivity index (χ2n) is 3.99. The number of rotatable bonds is 2. The van der Waals surface area contributed by atoms with Gasteiger partial charge in [-0.1, -0.05) is 11.6 Å². The van der Waals surface area contributed by atoms with Crippen molar-refractivity contribution in [1.29, 1.82) is 0 Å². The van der Waals surface area contributed by atoms with E-state index in [0.717, 1.165) is 5.56 Å². The number of anilines is 2. The second-order valence-corrected chi connectivity index (χ2v) is 5.24. The lowest BCUT2D eigenvalue weighted by Crippen LogP contribution is -2.14. The van der Waals surface area contributed by atoms with Gasteiger partial charge in [0.1, 0.15) is 4.88 Å². The Labute approximate surface area is 114 Å². The van der Waals surface area contributed by atoms with Gasteiger partial charge in [-0.25, -0.2) is 0 Å². The minimum atomic E-state index is -0.271. The summed E-state index contributed by atoms with van der Waals surface area (Å²) in [5.74, 6) is 0.215. The SMILES string of the molecule is Cc1csc(C(=O)Nc2c(N)c(C)nn2C)c1Cl. The van der Waals surface area contributed by atoms with Crippen LogP contribution in [0.4, 0.5) is 11.5 Å². The highest BCUT2D eigenvalue weighted by molar-refractivity contribution is 7.13. The monoisotopic (exact) mass is 284 g/mol. The molecular formula is C11H13ClN4OS. The van der Waals surface area contributed by atoms with Gasteiger partial charge in [-0.05, 0) is 24.8 Å². The first kappa shape index (κ1) is 12.9. The van der Waals surface area contributed by atoms with Crippen LogP contribution >= 0.6 is 22.9 Å². The van der Waals surface area contributed by atoms with Gasteiger partial charge in [-0.15, -0.1) is 11.3 Å². The summed E-state index contributed by atoms with van der Waals surface area (Å²) in [6.07, 6.45) is 0. The summed E-state index contributed by atoms with van der Waals surface area (Å²) in [4.78, 5) is 12.6. The fraction of sp³-hybridized carbons (Fsp3) is 0.273. The van der Waals surface area contributed by atoms with Gasteiger partial charge in [0.15, 0.2) is 5.82 Å². The normalized spacial score (nSPS) is 10.7. The zero-order valence-corrected chi connectivity index (χ0v) is 11.8. The van der Waals surface area contributed by atoms with E-state index >= 15 is 0 Å². The number of nitrogens with zero attached hydrogens (tertiary/aromatic N) is 2. The Kier molecular flexibility index (Phi) is 3.32. The third-order valence-corrected chi connectivity index (χ3v) is 4.30. The van der Waals surface area contributed by atoms with Crippen molar-refractivity contribution in [2.45, 2.75) is 13.8 Å². The van der Waals surface area contributed by atoms with E-state index in [2.05, 4.69) is 10.4 Å². The maximum atomic E-state index is 12.1. The molecular weight excluding hydrogens is 272 g/mol. The maximum Gasteiger partial charge on any atom is 0.268 e. The third-order valence-electron chi connectivity index (χ3n) is 2.61. The number of nitrogens with two attached hydrogens (primary N) is 1. The Morgan fingerprint density at radius 3 is 2.67 bits per heavy atom. The number of nitrogens with one attached hydrogen (secondary N) is 1. The fourth-order valence-corrected chi connectivity index (χ4v) is 2.74. The van der Waals surface area contributed by atoms with Gasteiger partial charge in [-0.2, -0.15) is 5.10 Å². The molecule has 2 rings (SSSR count). The van der Waals surface area contributed by atoms with E-state index < -0.39 is 0 Å². The Morgan fingerprint density at radius 2 is 2.22 bits per heavy atom. The molecule has 2 heterocycles. The lowest BCUT2D eigenvalue weighted by molar-refractivity contribution is 0.102. The van der Waals surface area contributed by atoms with Crippen LogP contribution in [0.5, 0.6) is 0 Å². The van der Waals surface area contributed by atoms with E-state index in [1.54, 1.807) is 14.0 Å². The summed E-state index contributed by atoms with van der Waals surface area (Å²) in [6.45, 7) is 3.64. The van der Waals surface area contributed by atoms with E-state index in [9.17, 15) is 4.79 Å². The molecule has 0 bridgehead atoms. The third kappa shape index (κ3) is 2.09. The smallest absolute Gasteiger partial charge is 0.268 e. The van der Waals surface area contributed by atoms with Gasteiger partial charge in [0.05, 0.1) is 16.4 Å². The molecule has 0 spiro atoms. The highest BCUT2D eigenvalue weighted by atomic mass is 35.5. The molecule has 3 N–H and O–H groups in total. The van der Waals surface area contributed by atoms with Crippen molar-refractivity contribution in [3.8, 4) is 0 Å². The van der Waals surface area contributed by atoms with Crippen molar-refractivity contribution >= 4 is 40.4 Å². The first-order chi connectivity index (χ1) is 8.41. The number of halogens is 1. The average Bonchev–Trinajstić information content (AvgIpc) is 2.75. The zero-order chi connectivity index (χ0) is 13.4. The number of carbonyl (C=O) groups is 1. The predicted molar refractivity (Wildman–Crippen MR) is 74.4 cm³/mol. The van der Waals surface area contributed by atoms with E-state index in [0.29, 0.717) is 27.1 Å². The Bertz CT molecular complexity index is 617. The van der Waals surface area contributed by atoms with Crippen molar-refractivity contribution < 1.29 is 4.79 Å². The van der Waals surface area contributed by atoms with E-state index in [-0.39, 0.29) is 5.91 Å². The quantitative estimate of drug-likeness (QED) is 0.890. The number of hydrogen-bond donors (Lipinski definition) is 2. The molecule has 0 aromatic carbocycles. The zero-order valence-electron chi connectivity index (χ0n) is 10.2. The van der Waals surface area contributed by atoms with Gasteiger partial charge in [0, 0.05) is 7.05 Å². The first-order valence-corrected chi connectivity index (χ1v) is 6.51. The molecule has 0 atom stereocenters. The van der Waals surface area contributed by atoms with Crippen LogP contribution in [-0.4, -0.2) is 15.7 Å². The topological polar surface area (TPSA) is 72.9 Å². The van der Waals surface area contributed by atoms with Crippen LogP contribution in [0.25, 0.3) is 0 Å². The number of aryl methyl sites for hydroxylation is 3. The van der Waals surface area contributed by atoms with E-state index in [4.69, 9.17) is 17.3 Å². The van der Waals surface area contributed by atoms with Gasteiger partial charge in [0.25, 0.3) is 5.91 Å². The van der Waals surface area contributed by atoms with Crippen molar-refractivity contribution in [3.05, 3.63) is 26.5 Å². The minimum absolute atomic E-state index is 0.271. The summed E-state index contributed by atoms with van der Waals surface area (Å²) in [5, 5.41) is 9.19. The number of carbonyl (C=O) groups excluding carboxylic acids is 1. The molecule has 5 nitrogen and oxygen atoms in total. The number of thiophene rings is 1. The summed E-state index contributed by atoms with van der Waals surface area (Å²) >= 11 is 7.36. The predicted octanol–water partition coefficient (Wildman–Crippen LogP) is 2.59. The van der Waals surface area contributed by atoms with Crippen molar-refractivity contribution in [2.24, 2.45) is 7.05 Å². The molecule has 18 heavy (non-hydrogen) atoms. The fourth-order valence-electron chi connectivity index (χ4n) is 1.57. The summed E-state index contributed by atoms with van der Waals surface area (Å²) in [6, 6.07) is 0. The van der Waals surface area contributed by atoms with Crippen LogP contribution in [-0.2, 0) is 7.05 Å². The van der Waals surface area contributed by atoms with Gasteiger partial charge in [-0.3, -0.25) is 9.48 Å². The molecule has 0 aliphatic carbocycles. The summed E-state index contributed by atoms with van der Waals surface area (Å²) in [7, 11) is 1.72. The molecule has 0 unspecified atom stereocenters. The number of hydrogen-bond acceptors (Lipinski definition) is 4. The van der Waals surface area contributed by atoms with Crippen LogP contribution in [0.3, 0.4) is 0 Å². The maximum absolute atomic E-state index is 12.1. The van der Waals surface area contributed by atoms with Gasteiger partial charge >= 0.3 is 0 Å². The lowest BCUT2D eigenvalue weighted by atomic mass is 10.3. The number of aromatic nitrogens is 2. The molecule has 96 valence electrons. The molecule has 0 aliphatic rings. The van der Waals surface area contributed by atoms with E-state index in [1.807, 2.05) is 12.3 Å². The molecule has 2 aromatic rings. The Morgan fingerprint density at radius 1 is 1.56 bits per heavy atom. The minimum Gasteiger partial charge on any atom is -0.394 e. The molecule has 0 radical (unpaired) electrons. The van der Waals surface area contributed by atoms with E-state index in [1.165, 1.54) is 16.0 Å². The summed E-state index contributed by atoms with van der Waals surface area (Å²) in [5.41, 5.74) is 7.88. The van der Waals surface area contributed by atoms with Gasteiger partial charge < -0.3 is 11.1 Å². The molecule has 1 amide bonds. The van der Waals surface area contributed by atoms with Crippen molar-refractivity contribution in [2.75, 3.05) is 11.1 Å².